The molecule has 1 atom stereocenters. The second kappa shape index (κ2) is 7.23. The van der Waals surface area contributed by atoms with Crippen LogP contribution in [0, 0.1) is 5.82 Å². The number of hydrogen-bond acceptors (Lipinski definition) is 1. The van der Waals surface area contributed by atoms with Crippen molar-refractivity contribution in [3.8, 4) is 5.75 Å². The molecule has 2 rings (SSSR count). The van der Waals surface area contributed by atoms with Crippen molar-refractivity contribution in [1.29, 1.82) is 0 Å². The van der Waals surface area contributed by atoms with Gasteiger partial charge >= 0.3 is 0 Å². The van der Waals surface area contributed by atoms with Crippen molar-refractivity contribution in [3.05, 3.63) is 63.9 Å². The van der Waals surface area contributed by atoms with E-state index >= 15 is 0 Å². The molecule has 0 radical (unpaired) electrons. The first-order valence-corrected chi connectivity index (χ1v) is 8.14. The van der Waals surface area contributed by atoms with Crippen molar-refractivity contribution in [2.75, 3.05) is 6.61 Å². The second-order valence-corrected chi connectivity index (χ2v) is 6.22. The Morgan fingerprint density at radius 2 is 1.75 bits per heavy atom. The van der Waals surface area contributed by atoms with E-state index in [4.69, 9.17) is 4.74 Å². The molecular formula is C16H15Br2FO. The predicted octanol–water partition coefficient (Wildman–Crippen LogP) is 5.86. The molecule has 0 aliphatic carbocycles. The van der Waals surface area contributed by atoms with Crippen molar-refractivity contribution in [2.24, 2.45) is 0 Å². The summed E-state index contributed by atoms with van der Waals surface area (Å²) >= 11 is 7.17. The lowest BCUT2D eigenvalue weighted by Gasteiger charge is -2.13. The molecule has 2 aromatic rings. The molecule has 0 N–H and O–H groups in total. The molecule has 0 aromatic heterocycles. The van der Waals surface area contributed by atoms with Gasteiger partial charge in [0.25, 0.3) is 0 Å². The maximum Gasteiger partial charge on any atom is 0.133 e. The Bertz CT molecular complexity index is 569. The standard InChI is InChI=1S/C16H15Br2FO/c1-2-9-20-15-8-5-12(10-14(15)17)16(18)11-3-6-13(19)7-4-11/h3-8,10,16H,2,9H2,1H3. The van der Waals surface area contributed by atoms with Crippen molar-refractivity contribution < 1.29 is 9.13 Å². The first-order chi connectivity index (χ1) is 9.61. The lowest BCUT2D eigenvalue weighted by Crippen LogP contribution is -1.98. The zero-order valence-corrected chi connectivity index (χ0v) is 14.2. The second-order valence-electron chi connectivity index (χ2n) is 4.45. The molecule has 1 nitrogen and oxygen atoms in total. The third-order valence-corrected chi connectivity index (χ3v) is 4.55. The molecule has 0 heterocycles. The van der Waals surface area contributed by atoms with Crippen LogP contribution in [-0.2, 0) is 0 Å². The first kappa shape index (κ1) is 15.5. The summed E-state index contributed by atoms with van der Waals surface area (Å²) in [7, 11) is 0. The lowest BCUT2D eigenvalue weighted by molar-refractivity contribution is 0.315. The van der Waals surface area contributed by atoms with Crippen LogP contribution >= 0.6 is 31.9 Å². The zero-order chi connectivity index (χ0) is 14.5. The summed E-state index contributed by atoms with van der Waals surface area (Å²) in [5.74, 6) is 0.618. The quantitative estimate of drug-likeness (QED) is 0.570. The number of ether oxygens (including phenoxy) is 1. The lowest BCUT2D eigenvalue weighted by atomic mass is 10.0. The molecule has 0 fully saturated rings. The number of benzene rings is 2. The average Bonchev–Trinajstić information content (AvgIpc) is 2.46. The van der Waals surface area contributed by atoms with Crippen LogP contribution in [0.4, 0.5) is 4.39 Å². The molecule has 0 amide bonds. The third-order valence-electron chi connectivity index (χ3n) is 2.87. The Hall–Kier alpha value is -0.870. The highest BCUT2D eigenvalue weighted by Crippen LogP contribution is 2.35. The molecule has 4 heteroatoms. The zero-order valence-electron chi connectivity index (χ0n) is 11.1. The van der Waals surface area contributed by atoms with E-state index in [1.165, 1.54) is 12.1 Å². The van der Waals surface area contributed by atoms with Crippen molar-refractivity contribution >= 4 is 31.9 Å². The highest BCUT2D eigenvalue weighted by molar-refractivity contribution is 9.10. The van der Waals surface area contributed by atoms with E-state index in [2.05, 4.69) is 38.8 Å². The Kier molecular flexibility index (Phi) is 5.61. The fourth-order valence-corrected chi connectivity index (χ4v) is 2.93. The van der Waals surface area contributed by atoms with Gasteiger partial charge in [-0.25, -0.2) is 4.39 Å². The van der Waals surface area contributed by atoms with Crippen LogP contribution in [0.15, 0.2) is 46.9 Å². The van der Waals surface area contributed by atoms with Gasteiger partial charge in [0.15, 0.2) is 0 Å². The monoisotopic (exact) mass is 400 g/mol. The summed E-state index contributed by atoms with van der Waals surface area (Å²) in [6.07, 6.45) is 0.977. The summed E-state index contributed by atoms with van der Waals surface area (Å²) in [4.78, 5) is 0.0274. The molecule has 0 saturated heterocycles. The van der Waals surface area contributed by atoms with E-state index in [9.17, 15) is 4.39 Å². The van der Waals surface area contributed by atoms with Crippen LogP contribution < -0.4 is 4.74 Å². The fourth-order valence-electron chi connectivity index (χ4n) is 1.83. The van der Waals surface area contributed by atoms with Crippen molar-refractivity contribution in [2.45, 2.75) is 18.2 Å². The molecule has 0 saturated carbocycles. The molecule has 0 bridgehead atoms. The number of halogens is 3. The average molecular weight is 402 g/mol. The Morgan fingerprint density at radius 3 is 2.35 bits per heavy atom. The van der Waals surface area contributed by atoms with Gasteiger partial charge in [-0.3, -0.25) is 0 Å². The van der Waals surface area contributed by atoms with Gasteiger partial charge in [0, 0.05) is 0 Å². The largest absolute Gasteiger partial charge is 0.492 e. The van der Waals surface area contributed by atoms with E-state index in [1.54, 1.807) is 12.1 Å². The summed E-state index contributed by atoms with van der Waals surface area (Å²) in [5.41, 5.74) is 2.10. The van der Waals surface area contributed by atoms with E-state index < -0.39 is 0 Å². The maximum absolute atomic E-state index is 12.9. The molecule has 20 heavy (non-hydrogen) atoms. The molecule has 1 unspecified atom stereocenters. The fraction of sp³-hybridized carbons (Fsp3) is 0.250. The topological polar surface area (TPSA) is 9.23 Å². The van der Waals surface area contributed by atoms with Crippen LogP contribution in [0.25, 0.3) is 0 Å². The smallest absolute Gasteiger partial charge is 0.133 e. The third kappa shape index (κ3) is 3.83. The van der Waals surface area contributed by atoms with Crippen LogP contribution in [0.3, 0.4) is 0 Å². The molecule has 0 aliphatic rings. The van der Waals surface area contributed by atoms with Crippen molar-refractivity contribution in [3.63, 3.8) is 0 Å². The Labute approximate surface area is 135 Å². The van der Waals surface area contributed by atoms with E-state index in [0.29, 0.717) is 6.61 Å². The Morgan fingerprint density at radius 1 is 1.10 bits per heavy atom. The summed E-state index contributed by atoms with van der Waals surface area (Å²) in [6.45, 7) is 2.78. The van der Waals surface area contributed by atoms with Gasteiger partial charge in [-0.2, -0.15) is 0 Å². The highest BCUT2D eigenvalue weighted by Gasteiger charge is 2.12. The van der Waals surface area contributed by atoms with Gasteiger partial charge in [0.1, 0.15) is 11.6 Å². The first-order valence-electron chi connectivity index (χ1n) is 6.43. The minimum Gasteiger partial charge on any atom is -0.492 e. The number of rotatable bonds is 5. The van der Waals surface area contributed by atoms with E-state index in [1.807, 2.05) is 18.2 Å². The minimum atomic E-state index is -0.224. The van der Waals surface area contributed by atoms with E-state index in [-0.39, 0.29) is 10.6 Å². The number of hydrogen-bond donors (Lipinski definition) is 0. The van der Waals surface area contributed by atoms with Crippen LogP contribution in [0.2, 0.25) is 0 Å². The van der Waals surface area contributed by atoms with Crippen molar-refractivity contribution in [1.82, 2.24) is 0 Å². The summed E-state index contributed by atoms with van der Waals surface area (Å²) < 4.78 is 19.5. The van der Waals surface area contributed by atoms with Crippen LogP contribution in [0.1, 0.15) is 29.3 Å². The van der Waals surface area contributed by atoms with E-state index in [0.717, 1.165) is 27.8 Å². The van der Waals surface area contributed by atoms with Gasteiger partial charge in [-0.05, 0) is 57.7 Å². The molecular weight excluding hydrogens is 387 g/mol. The molecule has 106 valence electrons. The molecule has 0 spiro atoms. The SMILES string of the molecule is CCCOc1ccc(C(Br)c2ccc(F)cc2)cc1Br. The maximum atomic E-state index is 12.9. The predicted molar refractivity (Wildman–Crippen MR) is 87.1 cm³/mol. The molecule has 0 aliphatic heterocycles. The summed E-state index contributed by atoms with van der Waals surface area (Å²) in [6, 6.07) is 12.5. The summed E-state index contributed by atoms with van der Waals surface area (Å²) in [5, 5.41) is 0. The van der Waals surface area contributed by atoms with Gasteiger partial charge in [0.2, 0.25) is 0 Å². The van der Waals surface area contributed by atoms with Crippen LogP contribution in [-0.4, -0.2) is 6.61 Å². The highest BCUT2D eigenvalue weighted by atomic mass is 79.9. The van der Waals surface area contributed by atoms with Gasteiger partial charge in [-0.15, -0.1) is 0 Å². The van der Waals surface area contributed by atoms with Gasteiger partial charge in [0.05, 0.1) is 15.9 Å². The van der Waals surface area contributed by atoms with Gasteiger partial charge < -0.3 is 4.74 Å². The molecule has 2 aromatic carbocycles. The Balaban J connectivity index is 2.20. The number of alkyl halides is 1. The normalized spacial score (nSPS) is 12.2. The van der Waals surface area contributed by atoms with Crippen LogP contribution in [0.5, 0.6) is 5.75 Å². The minimum absolute atomic E-state index is 0.0274. The van der Waals surface area contributed by atoms with Gasteiger partial charge in [-0.1, -0.05) is 41.1 Å².